The molecule has 8 heteroatoms. The van der Waals surface area contributed by atoms with E-state index in [4.69, 9.17) is 4.74 Å². The van der Waals surface area contributed by atoms with Crippen molar-refractivity contribution in [3.63, 3.8) is 0 Å². The minimum atomic E-state index is -0.932. The normalized spacial score (nSPS) is 21.3. The minimum absolute atomic E-state index is 0.0786. The Morgan fingerprint density at radius 2 is 1.96 bits per heavy atom. The molecule has 2 amide bonds. The maximum atomic E-state index is 14.3. The molecule has 1 aliphatic carbocycles. The van der Waals surface area contributed by atoms with Gasteiger partial charge in [0, 0.05) is 6.07 Å². The van der Waals surface area contributed by atoms with E-state index in [2.05, 4.69) is 5.32 Å². The quantitative estimate of drug-likeness (QED) is 0.771. The van der Waals surface area contributed by atoms with Crippen molar-refractivity contribution in [1.29, 1.82) is 0 Å². The first-order valence-corrected chi connectivity index (χ1v) is 9.83. The molecule has 0 bridgehead atoms. The number of amides is 2. The van der Waals surface area contributed by atoms with Crippen LogP contribution in [0.1, 0.15) is 42.5 Å². The van der Waals surface area contributed by atoms with Crippen molar-refractivity contribution >= 4 is 11.8 Å². The third kappa shape index (κ3) is 4.17. The van der Waals surface area contributed by atoms with Gasteiger partial charge in [0.15, 0.2) is 0 Å². The molecule has 28 heavy (non-hydrogen) atoms. The Morgan fingerprint density at radius 1 is 1.25 bits per heavy atom. The fraction of sp³-hybridized carbons (Fsp3) is 0.600. The van der Waals surface area contributed by atoms with Crippen molar-refractivity contribution in [2.45, 2.75) is 43.9 Å². The van der Waals surface area contributed by atoms with Crippen LogP contribution < -0.4 is 10.2 Å². The molecule has 1 heterocycles. The molecule has 154 valence electrons. The molecule has 0 radical (unpaired) electrons. The van der Waals surface area contributed by atoms with Crippen molar-refractivity contribution in [1.82, 2.24) is 10.2 Å². The van der Waals surface area contributed by atoms with E-state index in [-0.39, 0.29) is 18.1 Å². The Labute approximate surface area is 163 Å². The predicted octanol–water partition coefficient (Wildman–Crippen LogP) is 0.727. The monoisotopic (exact) mass is 396 g/mol. The fourth-order valence-corrected chi connectivity index (χ4v) is 4.02. The molecule has 0 unspecified atom stereocenters. The largest absolute Gasteiger partial charge is 0.353 e. The molecule has 0 aromatic heterocycles. The number of hydrogen-bond acceptors (Lipinski definition) is 3. The van der Waals surface area contributed by atoms with Gasteiger partial charge < -0.3 is 15.0 Å². The van der Waals surface area contributed by atoms with Crippen LogP contribution in [0.5, 0.6) is 0 Å². The van der Waals surface area contributed by atoms with Crippen LogP contribution in [0.2, 0.25) is 0 Å². The van der Waals surface area contributed by atoms with Gasteiger partial charge in [-0.05, 0) is 37.8 Å². The number of halogens is 2. The third-order valence-electron chi connectivity index (χ3n) is 5.50. The molecule has 1 aromatic carbocycles. The zero-order valence-corrected chi connectivity index (χ0v) is 16.4. The van der Waals surface area contributed by atoms with E-state index in [0.717, 1.165) is 37.9 Å². The van der Waals surface area contributed by atoms with Crippen molar-refractivity contribution < 1.29 is 28.0 Å². The first-order valence-electron chi connectivity index (χ1n) is 9.83. The second-order valence-electron chi connectivity index (χ2n) is 7.88. The van der Waals surface area contributed by atoms with Gasteiger partial charge in [-0.3, -0.25) is 14.5 Å². The number of hydrogen-bond donors (Lipinski definition) is 2. The number of nitrogens with one attached hydrogen (secondary N) is 2. The molecule has 6 nitrogen and oxygen atoms in total. The molecule has 1 atom stereocenters. The molecule has 1 saturated carbocycles. The standard InChI is InChI=1S/C20H27F2N3O3/c1-24(2)11-10-23-18(26)17-13-28-20(8-4-3-5-9-20)25(17)19(27)15-7-6-14(21)12-16(15)22/h6-7,12,17H,3-5,8-11,13H2,1-2H3,(H,23,26)/p+1/t17-/m1/s1. The Morgan fingerprint density at radius 3 is 2.61 bits per heavy atom. The smallest absolute Gasteiger partial charge is 0.259 e. The summed E-state index contributed by atoms with van der Waals surface area (Å²) in [7, 11) is 3.96. The summed E-state index contributed by atoms with van der Waals surface area (Å²) in [6.07, 6.45) is 3.98. The Balaban J connectivity index is 1.87. The summed E-state index contributed by atoms with van der Waals surface area (Å²) in [5.74, 6) is -2.62. The Bertz CT molecular complexity index is 735. The number of nitrogens with zero attached hydrogens (tertiary/aromatic N) is 1. The van der Waals surface area contributed by atoms with Crippen LogP contribution in [-0.4, -0.2) is 62.3 Å². The van der Waals surface area contributed by atoms with Crippen molar-refractivity contribution in [2.24, 2.45) is 0 Å². The van der Waals surface area contributed by atoms with Gasteiger partial charge in [0.2, 0.25) is 5.91 Å². The molecule has 1 aliphatic heterocycles. The fourth-order valence-electron chi connectivity index (χ4n) is 4.02. The Kier molecular flexibility index (Phi) is 6.30. The van der Waals surface area contributed by atoms with E-state index < -0.39 is 29.3 Å². The predicted molar refractivity (Wildman–Crippen MR) is 98.8 cm³/mol. The van der Waals surface area contributed by atoms with Gasteiger partial charge in [-0.1, -0.05) is 6.42 Å². The number of benzene rings is 1. The summed E-state index contributed by atoms with van der Waals surface area (Å²) in [5.41, 5.74) is -1.14. The summed E-state index contributed by atoms with van der Waals surface area (Å²) in [6, 6.07) is 2.04. The van der Waals surface area contributed by atoms with Crippen molar-refractivity contribution in [3.8, 4) is 0 Å². The van der Waals surface area contributed by atoms with Gasteiger partial charge in [0.25, 0.3) is 5.91 Å². The van der Waals surface area contributed by atoms with Crippen LogP contribution in [0.15, 0.2) is 18.2 Å². The van der Waals surface area contributed by atoms with Crippen LogP contribution in [0.3, 0.4) is 0 Å². The van der Waals surface area contributed by atoms with Crippen molar-refractivity contribution in [3.05, 3.63) is 35.4 Å². The van der Waals surface area contributed by atoms with Crippen LogP contribution >= 0.6 is 0 Å². The highest BCUT2D eigenvalue weighted by atomic mass is 19.1. The first-order chi connectivity index (χ1) is 13.3. The number of likely N-dealkylation sites (N-methyl/N-ethyl adjacent to an activating group) is 1. The lowest BCUT2D eigenvalue weighted by molar-refractivity contribution is -0.856. The third-order valence-corrected chi connectivity index (χ3v) is 5.50. The molecule has 2 aliphatic rings. The van der Waals surface area contributed by atoms with E-state index in [1.54, 1.807) is 0 Å². The van der Waals surface area contributed by atoms with Crippen LogP contribution in [0.25, 0.3) is 0 Å². The lowest BCUT2D eigenvalue weighted by Gasteiger charge is -2.41. The number of ether oxygens (including phenoxy) is 1. The van der Waals surface area contributed by atoms with E-state index in [1.807, 2.05) is 14.1 Å². The van der Waals surface area contributed by atoms with Gasteiger partial charge in [0.05, 0.1) is 39.4 Å². The van der Waals surface area contributed by atoms with Gasteiger partial charge in [0.1, 0.15) is 23.4 Å². The second-order valence-corrected chi connectivity index (χ2v) is 7.88. The summed E-state index contributed by atoms with van der Waals surface area (Å²) >= 11 is 0. The van der Waals surface area contributed by atoms with E-state index in [9.17, 15) is 18.4 Å². The Hall–Kier alpha value is -2.06. The maximum Gasteiger partial charge on any atom is 0.259 e. The highest BCUT2D eigenvalue weighted by Gasteiger charge is 2.53. The average molecular weight is 396 g/mol. The zero-order valence-electron chi connectivity index (χ0n) is 16.4. The van der Waals surface area contributed by atoms with Gasteiger partial charge in [-0.2, -0.15) is 0 Å². The molecule has 1 saturated heterocycles. The van der Waals surface area contributed by atoms with Gasteiger partial charge >= 0.3 is 0 Å². The molecule has 2 fully saturated rings. The number of quaternary nitrogens is 1. The zero-order chi connectivity index (χ0) is 20.3. The highest BCUT2D eigenvalue weighted by molar-refractivity contribution is 5.98. The average Bonchev–Trinajstić information content (AvgIpc) is 3.00. The molecule has 3 rings (SSSR count). The topological polar surface area (TPSA) is 63.1 Å². The summed E-state index contributed by atoms with van der Waals surface area (Å²) in [5, 5.41) is 2.85. The van der Waals surface area contributed by atoms with Crippen molar-refractivity contribution in [2.75, 3.05) is 33.8 Å². The first kappa shape index (κ1) is 20.7. The van der Waals surface area contributed by atoms with Gasteiger partial charge in [-0.25, -0.2) is 8.78 Å². The summed E-state index contributed by atoms with van der Waals surface area (Å²) < 4.78 is 33.6. The molecule has 2 N–H and O–H groups in total. The van der Waals surface area contributed by atoms with E-state index in [0.29, 0.717) is 25.5 Å². The van der Waals surface area contributed by atoms with Crippen LogP contribution in [0, 0.1) is 11.6 Å². The second kappa shape index (κ2) is 8.53. The molecule has 1 aromatic rings. The van der Waals surface area contributed by atoms with Crippen LogP contribution in [0.4, 0.5) is 8.78 Å². The minimum Gasteiger partial charge on any atom is -0.353 e. The summed E-state index contributed by atoms with van der Waals surface area (Å²) in [6.45, 7) is 1.29. The highest BCUT2D eigenvalue weighted by Crippen LogP contribution is 2.41. The lowest BCUT2D eigenvalue weighted by atomic mass is 9.89. The number of carbonyl (C=O) groups excluding carboxylic acids is 2. The van der Waals surface area contributed by atoms with Gasteiger partial charge in [-0.15, -0.1) is 0 Å². The SMILES string of the molecule is C[NH+](C)CCNC(=O)[C@H]1COC2(CCCCC2)N1C(=O)c1ccc(F)cc1F. The van der Waals surface area contributed by atoms with E-state index in [1.165, 1.54) is 9.80 Å². The van der Waals surface area contributed by atoms with E-state index >= 15 is 0 Å². The lowest BCUT2D eigenvalue weighted by Crippen LogP contribution is -3.06. The number of carbonyl (C=O) groups is 2. The maximum absolute atomic E-state index is 14.3. The summed E-state index contributed by atoms with van der Waals surface area (Å²) in [4.78, 5) is 28.6. The molecular weight excluding hydrogens is 368 g/mol. The molecule has 1 spiro atoms. The number of rotatable bonds is 5. The van der Waals surface area contributed by atoms with Crippen LogP contribution in [-0.2, 0) is 9.53 Å². The molecular formula is C20H28F2N3O3+.